The molecule has 10 heteroatoms. The van der Waals surface area contributed by atoms with Crippen molar-refractivity contribution in [2.45, 2.75) is 0 Å². The molecule has 0 aliphatic heterocycles. The van der Waals surface area contributed by atoms with Crippen LogP contribution in [0.15, 0.2) is 44.6 Å². The number of non-ortho nitro benzene ring substituents is 1. The van der Waals surface area contributed by atoms with Crippen molar-refractivity contribution >= 4 is 49.7 Å². The number of carbonyl (C=O) groups is 1. The van der Waals surface area contributed by atoms with Crippen molar-refractivity contribution in [3.63, 3.8) is 0 Å². The molecule has 0 aliphatic carbocycles. The molecule has 2 aromatic rings. The van der Waals surface area contributed by atoms with E-state index in [1.165, 1.54) is 18.5 Å². The Morgan fingerprint density at radius 2 is 2.09 bits per heavy atom. The molecule has 118 valence electrons. The number of hydrogen-bond donors (Lipinski definition) is 2. The molecule has 0 unspecified atom stereocenters. The van der Waals surface area contributed by atoms with E-state index in [4.69, 9.17) is 0 Å². The van der Waals surface area contributed by atoms with Crippen molar-refractivity contribution in [1.82, 2.24) is 10.4 Å². The minimum absolute atomic E-state index is 0.0822. The van der Waals surface area contributed by atoms with E-state index in [9.17, 15) is 20.0 Å². The number of hydrazone groups is 1. The van der Waals surface area contributed by atoms with Gasteiger partial charge in [0.2, 0.25) is 0 Å². The standard InChI is InChI=1S/C13H8Br2N4O4/c14-9-1-8(4-16-6-9)13(21)18-17-5-7-2-10(19(22)23)3-11(15)12(7)20/h1-6,20H,(H,18,21)/b17-5+. The summed E-state index contributed by atoms with van der Waals surface area (Å²) < 4.78 is 0.782. The van der Waals surface area contributed by atoms with Crippen LogP contribution in [0.2, 0.25) is 0 Å². The molecule has 23 heavy (non-hydrogen) atoms. The largest absolute Gasteiger partial charge is 0.506 e. The molecule has 2 N–H and O–H groups in total. The van der Waals surface area contributed by atoms with E-state index in [0.29, 0.717) is 4.47 Å². The molecule has 2 rings (SSSR count). The maximum Gasteiger partial charge on any atom is 0.272 e. The smallest absolute Gasteiger partial charge is 0.272 e. The minimum atomic E-state index is -0.604. The number of aromatic hydroxyl groups is 1. The number of nitrogens with one attached hydrogen (secondary N) is 1. The zero-order valence-electron chi connectivity index (χ0n) is 11.2. The highest BCUT2D eigenvalue weighted by Crippen LogP contribution is 2.31. The number of amides is 1. The SMILES string of the molecule is O=C(N/N=C/c1cc([N+](=O)[O-])cc(Br)c1O)c1cncc(Br)c1. The third kappa shape index (κ3) is 4.33. The van der Waals surface area contributed by atoms with E-state index in [0.717, 1.165) is 12.3 Å². The minimum Gasteiger partial charge on any atom is -0.506 e. The second-order valence-electron chi connectivity index (χ2n) is 4.21. The molecule has 0 bridgehead atoms. The summed E-state index contributed by atoms with van der Waals surface area (Å²) in [5.41, 5.74) is 2.38. The normalized spacial score (nSPS) is 10.7. The van der Waals surface area contributed by atoms with Crippen LogP contribution < -0.4 is 5.43 Å². The van der Waals surface area contributed by atoms with Crippen LogP contribution in [0.25, 0.3) is 0 Å². The lowest BCUT2D eigenvalue weighted by Gasteiger charge is -2.03. The fourth-order valence-electron chi connectivity index (χ4n) is 1.57. The molecule has 0 radical (unpaired) electrons. The Kier molecular flexibility index (Phi) is 5.40. The molecule has 8 nitrogen and oxygen atoms in total. The first-order chi connectivity index (χ1) is 10.9. The zero-order chi connectivity index (χ0) is 17.0. The first kappa shape index (κ1) is 17.0. The maximum absolute atomic E-state index is 11.8. The summed E-state index contributed by atoms with van der Waals surface area (Å²) in [6, 6.07) is 3.86. The first-order valence-electron chi connectivity index (χ1n) is 5.99. The van der Waals surface area contributed by atoms with Gasteiger partial charge in [-0.2, -0.15) is 5.10 Å². The van der Waals surface area contributed by atoms with Crippen molar-refractivity contribution in [3.05, 3.63) is 60.8 Å². The molecule has 1 heterocycles. The van der Waals surface area contributed by atoms with Crippen LogP contribution in [-0.2, 0) is 0 Å². The summed E-state index contributed by atoms with van der Waals surface area (Å²) in [7, 11) is 0. The van der Waals surface area contributed by atoms with Crippen LogP contribution in [0.3, 0.4) is 0 Å². The molecule has 0 spiro atoms. The van der Waals surface area contributed by atoms with Crippen molar-refractivity contribution in [1.29, 1.82) is 0 Å². The van der Waals surface area contributed by atoms with Crippen LogP contribution in [0.1, 0.15) is 15.9 Å². The maximum atomic E-state index is 11.8. The molecule has 1 amide bonds. The summed E-state index contributed by atoms with van der Waals surface area (Å²) in [5.74, 6) is -0.739. The third-order valence-corrected chi connectivity index (χ3v) is 3.66. The Morgan fingerprint density at radius 1 is 1.35 bits per heavy atom. The van der Waals surface area contributed by atoms with Gasteiger partial charge in [0.1, 0.15) is 5.75 Å². The number of phenols is 1. The fraction of sp³-hybridized carbons (Fsp3) is 0. The molecule has 0 aliphatic rings. The molecule has 0 saturated heterocycles. The number of nitrogens with zero attached hydrogens (tertiary/aromatic N) is 3. The number of halogens is 2. The highest BCUT2D eigenvalue weighted by molar-refractivity contribution is 9.10. The average molecular weight is 444 g/mol. The fourth-order valence-corrected chi connectivity index (χ4v) is 2.40. The van der Waals surface area contributed by atoms with E-state index >= 15 is 0 Å². The van der Waals surface area contributed by atoms with E-state index < -0.39 is 10.8 Å². The highest BCUT2D eigenvalue weighted by Gasteiger charge is 2.13. The Morgan fingerprint density at radius 3 is 2.74 bits per heavy atom. The lowest BCUT2D eigenvalue weighted by molar-refractivity contribution is -0.385. The zero-order valence-corrected chi connectivity index (χ0v) is 14.4. The van der Waals surface area contributed by atoms with Crippen LogP contribution in [0.5, 0.6) is 5.75 Å². The number of phenolic OH excluding ortho intramolecular Hbond substituents is 1. The van der Waals surface area contributed by atoms with Crippen LogP contribution >= 0.6 is 31.9 Å². The number of pyridine rings is 1. The predicted molar refractivity (Wildman–Crippen MR) is 89.5 cm³/mol. The molecule has 0 saturated carbocycles. The average Bonchev–Trinajstić information content (AvgIpc) is 2.50. The number of carbonyl (C=O) groups excluding carboxylic acids is 1. The second kappa shape index (κ2) is 7.29. The van der Waals surface area contributed by atoms with Gasteiger partial charge < -0.3 is 5.11 Å². The van der Waals surface area contributed by atoms with Gasteiger partial charge >= 0.3 is 0 Å². The van der Waals surface area contributed by atoms with Crippen LogP contribution in [0.4, 0.5) is 5.69 Å². The van der Waals surface area contributed by atoms with Gasteiger partial charge in [0.15, 0.2) is 0 Å². The molecule has 1 aromatic carbocycles. The predicted octanol–water partition coefficient (Wildman–Crippen LogP) is 2.98. The lowest BCUT2D eigenvalue weighted by atomic mass is 10.2. The van der Waals surface area contributed by atoms with Crippen molar-refractivity contribution in [2.24, 2.45) is 5.10 Å². The van der Waals surface area contributed by atoms with E-state index in [2.05, 4.69) is 47.4 Å². The van der Waals surface area contributed by atoms with Gasteiger partial charge in [-0.25, -0.2) is 5.43 Å². The van der Waals surface area contributed by atoms with Crippen molar-refractivity contribution < 1.29 is 14.8 Å². The summed E-state index contributed by atoms with van der Waals surface area (Å²) in [4.78, 5) is 25.9. The lowest BCUT2D eigenvalue weighted by Crippen LogP contribution is -2.17. The van der Waals surface area contributed by atoms with Gasteiger partial charge in [-0.1, -0.05) is 0 Å². The first-order valence-corrected chi connectivity index (χ1v) is 7.58. The van der Waals surface area contributed by atoms with Crippen molar-refractivity contribution in [2.75, 3.05) is 0 Å². The molecule has 1 aromatic heterocycles. The Bertz CT molecular complexity index is 811. The van der Waals surface area contributed by atoms with Gasteiger partial charge in [-0.3, -0.25) is 19.9 Å². The monoisotopic (exact) mass is 442 g/mol. The van der Waals surface area contributed by atoms with Gasteiger partial charge in [0, 0.05) is 34.6 Å². The number of hydrogen-bond acceptors (Lipinski definition) is 6. The van der Waals surface area contributed by atoms with Crippen molar-refractivity contribution in [3.8, 4) is 5.75 Å². The quantitative estimate of drug-likeness (QED) is 0.427. The van der Waals surface area contributed by atoms with E-state index in [1.807, 2.05) is 0 Å². The summed E-state index contributed by atoms with van der Waals surface area (Å²) in [6.45, 7) is 0. The summed E-state index contributed by atoms with van der Waals surface area (Å²) in [6.07, 6.45) is 3.99. The molecule has 0 atom stereocenters. The summed E-state index contributed by atoms with van der Waals surface area (Å²) in [5, 5.41) is 24.3. The number of nitro benzene ring substituents is 1. The molecular formula is C13H8Br2N4O4. The number of nitro groups is 1. The van der Waals surface area contributed by atoms with Gasteiger partial charge in [0.25, 0.3) is 11.6 Å². The highest BCUT2D eigenvalue weighted by atomic mass is 79.9. The topological polar surface area (TPSA) is 118 Å². The van der Waals surface area contributed by atoms with Gasteiger partial charge in [0.05, 0.1) is 21.2 Å². The summed E-state index contributed by atoms with van der Waals surface area (Å²) >= 11 is 6.21. The molecule has 0 fully saturated rings. The molecular weight excluding hydrogens is 436 g/mol. The van der Waals surface area contributed by atoms with E-state index in [-0.39, 0.29) is 27.0 Å². The van der Waals surface area contributed by atoms with Gasteiger partial charge in [-0.15, -0.1) is 0 Å². The Balaban J connectivity index is 2.17. The second-order valence-corrected chi connectivity index (χ2v) is 5.98. The third-order valence-electron chi connectivity index (χ3n) is 2.63. The number of aromatic nitrogens is 1. The van der Waals surface area contributed by atoms with Crippen LogP contribution in [0, 0.1) is 10.1 Å². The Labute approximate surface area is 146 Å². The number of rotatable bonds is 4. The van der Waals surface area contributed by atoms with Crippen LogP contribution in [-0.4, -0.2) is 27.1 Å². The number of benzene rings is 1. The van der Waals surface area contributed by atoms with Gasteiger partial charge in [-0.05, 0) is 37.9 Å². The van der Waals surface area contributed by atoms with E-state index in [1.54, 1.807) is 6.07 Å². The Hall–Kier alpha value is -2.33.